The smallest absolute Gasteiger partial charge is 0.0258 e. The Morgan fingerprint density at radius 2 is 2.06 bits per heavy atom. The van der Waals surface area contributed by atoms with E-state index in [1.54, 1.807) is 11.1 Å². The van der Waals surface area contributed by atoms with Crippen molar-refractivity contribution in [2.45, 2.75) is 38.1 Å². The van der Waals surface area contributed by atoms with Gasteiger partial charge in [0.1, 0.15) is 0 Å². The highest BCUT2D eigenvalue weighted by molar-refractivity contribution is 5.34. The van der Waals surface area contributed by atoms with Crippen LogP contribution in [0.2, 0.25) is 0 Å². The Morgan fingerprint density at radius 3 is 2.89 bits per heavy atom. The van der Waals surface area contributed by atoms with Crippen molar-refractivity contribution < 1.29 is 0 Å². The summed E-state index contributed by atoms with van der Waals surface area (Å²) in [6, 6.07) is 7.87. The highest BCUT2D eigenvalue weighted by atomic mass is 15.2. The first-order chi connectivity index (χ1) is 8.83. The minimum absolute atomic E-state index is 0.667. The number of benzene rings is 1. The number of hydrogen-bond donors (Lipinski definition) is 1. The normalized spacial score (nSPS) is 24.8. The lowest BCUT2D eigenvalue weighted by molar-refractivity contribution is 0.199. The van der Waals surface area contributed by atoms with E-state index in [9.17, 15) is 0 Å². The fraction of sp³-hybridized carbons (Fsp3) is 0.625. The number of fused-ring (bicyclic) bond motifs is 1. The topological polar surface area (TPSA) is 15.3 Å². The molecule has 1 N–H and O–H groups in total. The van der Waals surface area contributed by atoms with Crippen molar-refractivity contribution >= 4 is 0 Å². The molecule has 1 aliphatic carbocycles. The van der Waals surface area contributed by atoms with Crippen molar-refractivity contribution in [3.8, 4) is 0 Å². The van der Waals surface area contributed by atoms with Crippen LogP contribution in [0, 0.1) is 0 Å². The molecule has 1 aromatic rings. The second-order valence-corrected chi connectivity index (χ2v) is 5.85. The molecular weight excluding hydrogens is 220 g/mol. The summed E-state index contributed by atoms with van der Waals surface area (Å²) in [5, 5.41) is 3.51. The third kappa shape index (κ3) is 2.60. The van der Waals surface area contributed by atoms with E-state index >= 15 is 0 Å². The van der Waals surface area contributed by atoms with Crippen molar-refractivity contribution in [3.05, 3.63) is 34.9 Å². The van der Waals surface area contributed by atoms with E-state index in [1.165, 1.54) is 44.2 Å². The van der Waals surface area contributed by atoms with Gasteiger partial charge in [0.15, 0.2) is 0 Å². The number of aryl methyl sites for hydroxylation is 2. The van der Waals surface area contributed by atoms with Crippen LogP contribution < -0.4 is 5.32 Å². The van der Waals surface area contributed by atoms with Crippen molar-refractivity contribution in [1.29, 1.82) is 0 Å². The first kappa shape index (κ1) is 12.2. The van der Waals surface area contributed by atoms with Gasteiger partial charge in [0.25, 0.3) is 0 Å². The SMILES string of the molecule is CN1CCNCC1Cc1ccc2c(c1)CCCC2. The third-order valence-electron chi connectivity index (χ3n) is 4.53. The first-order valence-electron chi connectivity index (χ1n) is 7.34. The molecule has 2 heteroatoms. The van der Waals surface area contributed by atoms with Gasteiger partial charge in [0.2, 0.25) is 0 Å². The van der Waals surface area contributed by atoms with Crippen molar-refractivity contribution in [2.75, 3.05) is 26.7 Å². The number of nitrogens with zero attached hydrogens (tertiary/aromatic N) is 1. The second-order valence-electron chi connectivity index (χ2n) is 5.85. The fourth-order valence-corrected chi connectivity index (χ4v) is 3.28. The lowest BCUT2D eigenvalue weighted by Gasteiger charge is -2.33. The standard InChI is InChI=1S/C16H24N2/c1-18-9-8-17-12-16(18)11-13-6-7-14-4-2-3-5-15(14)10-13/h6-7,10,16-17H,2-5,8-9,11-12H2,1H3. The molecule has 1 heterocycles. The molecule has 0 bridgehead atoms. The van der Waals surface area contributed by atoms with Crippen molar-refractivity contribution in [2.24, 2.45) is 0 Å². The fourth-order valence-electron chi connectivity index (χ4n) is 3.28. The van der Waals surface area contributed by atoms with Gasteiger partial charge in [0, 0.05) is 25.7 Å². The summed E-state index contributed by atoms with van der Waals surface area (Å²) >= 11 is 0. The highest BCUT2D eigenvalue weighted by Gasteiger charge is 2.19. The Balaban J connectivity index is 1.72. The second kappa shape index (κ2) is 5.41. The van der Waals surface area contributed by atoms with E-state index in [0.29, 0.717) is 6.04 Å². The van der Waals surface area contributed by atoms with Gasteiger partial charge in [-0.1, -0.05) is 18.2 Å². The molecular formula is C16H24N2. The molecule has 0 saturated carbocycles. The van der Waals surface area contributed by atoms with Gasteiger partial charge in [0.05, 0.1) is 0 Å². The molecule has 1 fully saturated rings. The summed E-state index contributed by atoms with van der Waals surface area (Å²) in [4.78, 5) is 2.50. The van der Waals surface area contributed by atoms with Crippen LogP contribution in [0.1, 0.15) is 29.5 Å². The Bertz CT molecular complexity index is 414. The van der Waals surface area contributed by atoms with Crippen LogP contribution in [0.5, 0.6) is 0 Å². The summed E-state index contributed by atoms with van der Waals surface area (Å²) in [6.07, 6.45) is 6.53. The molecule has 1 aliphatic heterocycles. The van der Waals surface area contributed by atoms with Crippen LogP contribution in [-0.4, -0.2) is 37.6 Å². The lowest BCUT2D eigenvalue weighted by atomic mass is 9.89. The van der Waals surface area contributed by atoms with Crippen molar-refractivity contribution in [3.63, 3.8) is 0 Å². The Hall–Kier alpha value is -0.860. The molecule has 2 nitrogen and oxygen atoms in total. The molecule has 0 amide bonds. The summed E-state index contributed by atoms with van der Waals surface area (Å²) in [6.45, 7) is 3.44. The molecule has 18 heavy (non-hydrogen) atoms. The zero-order valence-corrected chi connectivity index (χ0v) is 11.4. The molecule has 0 radical (unpaired) electrons. The van der Waals surface area contributed by atoms with Crippen LogP contribution in [-0.2, 0) is 19.3 Å². The maximum atomic E-state index is 3.51. The van der Waals surface area contributed by atoms with Gasteiger partial charge < -0.3 is 10.2 Å². The molecule has 0 spiro atoms. The van der Waals surface area contributed by atoms with E-state index in [4.69, 9.17) is 0 Å². The first-order valence-corrected chi connectivity index (χ1v) is 7.34. The van der Waals surface area contributed by atoms with Crippen molar-refractivity contribution in [1.82, 2.24) is 10.2 Å². The minimum Gasteiger partial charge on any atom is -0.314 e. The summed E-state index contributed by atoms with van der Waals surface area (Å²) in [5.41, 5.74) is 4.74. The quantitative estimate of drug-likeness (QED) is 0.856. The Kier molecular flexibility index (Phi) is 3.67. The largest absolute Gasteiger partial charge is 0.314 e. The molecule has 0 aromatic heterocycles. The molecule has 98 valence electrons. The van der Waals surface area contributed by atoms with Crippen LogP contribution in [0.4, 0.5) is 0 Å². The van der Waals surface area contributed by atoms with Gasteiger partial charge in [-0.15, -0.1) is 0 Å². The average molecular weight is 244 g/mol. The third-order valence-corrected chi connectivity index (χ3v) is 4.53. The molecule has 1 atom stereocenters. The summed E-state index contributed by atoms with van der Waals surface area (Å²) < 4.78 is 0. The Morgan fingerprint density at radius 1 is 1.22 bits per heavy atom. The van der Waals surface area contributed by atoms with E-state index in [-0.39, 0.29) is 0 Å². The average Bonchev–Trinajstić information content (AvgIpc) is 2.41. The van der Waals surface area contributed by atoms with Gasteiger partial charge in [-0.25, -0.2) is 0 Å². The predicted octanol–water partition coefficient (Wildman–Crippen LogP) is 2.01. The number of nitrogens with one attached hydrogen (secondary N) is 1. The highest BCUT2D eigenvalue weighted by Crippen LogP contribution is 2.23. The van der Waals surface area contributed by atoms with Crippen LogP contribution in [0.25, 0.3) is 0 Å². The van der Waals surface area contributed by atoms with Gasteiger partial charge >= 0.3 is 0 Å². The molecule has 2 aliphatic rings. The molecule has 1 aromatic carbocycles. The molecule has 1 unspecified atom stereocenters. The maximum absolute atomic E-state index is 3.51. The monoisotopic (exact) mass is 244 g/mol. The summed E-state index contributed by atoms with van der Waals surface area (Å²) in [7, 11) is 2.25. The zero-order valence-electron chi connectivity index (χ0n) is 11.4. The van der Waals surface area contributed by atoms with Gasteiger partial charge in [-0.2, -0.15) is 0 Å². The minimum atomic E-state index is 0.667. The maximum Gasteiger partial charge on any atom is 0.0258 e. The summed E-state index contributed by atoms with van der Waals surface area (Å²) in [5.74, 6) is 0. The number of piperazine rings is 1. The Labute approximate surface area is 110 Å². The van der Waals surface area contributed by atoms with E-state index < -0.39 is 0 Å². The van der Waals surface area contributed by atoms with Gasteiger partial charge in [-0.05, 0) is 55.8 Å². The molecule has 3 rings (SSSR count). The van der Waals surface area contributed by atoms with E-state index in [2.05, 4.69) is 35.5 Å². The van der Waals surface area contributed by atoms with E-state index in [0.717, 1.165) is 13.1 Å². The van der Waals surface area contributed by atoms with E-state index in [1.807, 2.05) is 0 Å². The van der Waals surface area contributed by atoms with Crippen LogP contribution in [0.15, 0.2) is 18.2 Å². The number of hydrogen-bond acceptors (Lipinski definition) is 2. The van der Waals surface area contributed by atoms with Crippen LogP contribution >= 0.6 is 0 Å². The van der Waals surface area contributed by atoms with Crippen LogP contribution in [0.3, 0.4) is 0 Å². The predicted molar refractivity (Wildman–Crippen MR) is 76.1 cm³/mol. The zero-order chi connectivity index (χ0) is 12.4. The number of rotatable bonds is 2. The lowest BCUT2D eigenvalue weighted by Crippen LogP contribution is -2.50. The van der Waals surface area contributed by atoms with Gasteiger partial charge in [-0.3, -0.25) is 0 Å². The number of likely N-dealkylation sites (N-methyl/N-ethyl adjacent to an activating group) is 1. The molecule has 1 saturated heterocycles.